The zero-order valence-electron chi connectivity index (χ0n) is 13.1. The van der Waals surface area contributed by atoms with Crippen molar-refractivity contribution in [2.24, 2.45) is 0 Å². The molecule has 0 bridgehead atoms. The number of hydrogen-bond acceptors (Lipinski definition) is 5. The Morgan fingerprint density at radius 2 is 2.12 bits per heavy atom. The summed E-state index contributed by atoms with van der Waals surface area (Å²) in [5.41, 5.74) is 0.703. The lowest BCUT2D eigenvalue weighted by molar-refractivity contribution is -0.385. The third-order valence-corrected chi connectivity index (χ3v) is 4.19. The van der Waals surface area contributed by atoms with Crippen LogP contribution in [-0.4, -0.2) is 22.1 Å². The van der Waals surface area contributed by atoms with Crippen molar-refractivity contribution in [3.63, 3.8) is 0 Å². The molecule has 2 aromatic rings. The zero-order valence-corrected chi connectivity index (χ0v) is 14.0. The number of nitrogens with zero attached hydrogens (tertiary/aromatic N) is 2. The molecule has 1 unspecified atom stereocenters. The second-order valence-corrected chi connectivity index (χ2v) is 5.85. The molecule has 0 aliphatic carbocycles. The molecule has 7 heteroatoms. The molecule has 1 amide bonds. The summed E-state index contributed by atoms with van der Waals surface area (Å²) in [7, 11) is 0. The van der Waals surface area contributed by atoms with Crippen molar-refractivity contribution >= 4 is 23.4 Å². The normalized spacial score (nSPS) is 11.5. The number of carbonyl (C=O) groups is 1. The molecule has 124 valence electrons. The molecule has 1 N–H and O–H groups in total. The highest BCUT2D eigenvalue weighted by molar-refractivity contribution is 7.98. The van der Waals surface area contributed by atoms with Gasteiger partial charge in [0.15, 0.2) is 0 Å². The minimum absolute atomic E-state index is 0.0509. The van der Waals surface area contributed by atoms with Gasteiger partial charge in [-0.05, 0) is 42.5 Å². The SMILES string of the molecule is C=CCC(NC(=O)c1cc(SC)ccc1[N+](=O)[O-])c1ccncc1. The number of nitrogens with one attached hydrogen (secondary N) is 1. The van der Waals surface area contributed by atoms with E-state index in [0.717, 1.165) is 10.5 Å². The third kappa shape index (κ3) is 4.20. The van der Waals surface area contributed by atoms with Gasteiger partial charge in [0.05, 0.1) is 11.0 Å². The van der Waals surface area contributed by atoms with E-state index in [2.05, 4.69) is 16.9 Å². The summed E-state index contributed by atoms with van der Waals surface area (Å²) < 4.78 is 0. The number of aromatic nitrogens is 1. The summed E-state index contributed by atoms with van der Waals surface area (Å²) >= 11 is 1.42. The number of carbonyl (C=O) groups excluding carboxylic acids is 1. The first kappa shape index (κ1) is 17.7. The smallest absolute Gasteiger partial charge is 0.282 e. The van der Waals surface area contributed by atoms with Crippen LogP contribution in [0.15, 0.2) is 60.3 Å². The van der Waals surface area contributed by atoms with Gasteiger partial charge in [-0.15, -0.1) is 18.3 Å². The molecule has 1 aromatic carbocycles. The number of nitro benzene ring substituents is 1. The van der Waals surface area contributed by atoms with Gasteiger partial charge in [0.2, 0.25) is 0 Å². The Bertz CT molecular complexity index is 750. The van der Waals surface area contributed by atoms with Crippen molar-refractivity contribution in [1.82, 2.24) is 10.3 Å². The summed E-state index contributed by atoms with van der Waals surface area (Å²) in [5, 5.41) is 14.0. The van der Waals surface area contributed by atoms with E-state index in [-0.39, 0.29) is 17.3 Å². The highest BCUT2D eigenvalue weighted by Gasteiger charge is 2.23. The lowest BCUT2D eigenvalue weighted by atomic mass is 10.0. The number of hydrogen-bond donors (Lipinski definition) is 1. The molecular weight excluding hydrogens is 326 g/mol. The van der Waals surface area contributed by atoms with Crippen LogP contribution in [0.25, 0.3) is 0 Å². The maximum absolute atomic E-state index is 12.6. The van der Waals surface area contributed by atoms with E-state index in [0.29, 0.717) is 6.42 Å². The second-order valence-electron chi connectivity index (χ2n) is 4.97. The fourth-order valence-corrected chi connectivity index (χ4v) is 2.70. The fraction of sp³-hybridized carbons (Fsp3) is 0.176. The third-order valence-electron chi connectivity index (χ3n) is 3.46. The van der Waals surface area contributed by atoms with Crippen molar-refractivity contribution in [2.75, 3.05) is 6.26 Å². The lowest BCUT2D eigenvalue weighted by Crippen LogP contribution is -2.29. The van der Waals surface area contributed by atoms with Crippen molar-refractivity contribution in [3.05, 3.63) is 76.6 Å². The van der Waals surface area contributed by atoms with Crippen LogP contribution in [0, 0.1) is 10.1 Å². The first-order valence-electron chi connectivity index (χ1n) is 7.21. The van der Waals surface area contributed by atoms with Crippen LogP contribution >= 0.6 is 11.8 Å². The molecule has 24 heavy (non-hydrogen) atoms. The molecule has 1 heterocycles. The molecule has 0 aliphatic heterocycles. The first-order valence-corrected chi connectivity index (χ1v) is 8.43. The predicted octanol–water partition coefficient (Wildman–Crippen LogP) is 3.76. The van der Waals surface area contributed by atoms with E-state index < -0.39 is 10.8 Å². The Hall–Kier alpha value is -2.67. The number of rotatable bonds is 7. The van der Waals surface area contributed by atoms with Gasteiger partial charge in [-0.3, -0.25) is 19.9 Å². The average Bonchev–Trinajstić information content (AvgIpc) is 2.61. The molecule has 6 nitrogen and oxygen atoms in total. The average molecular weight is 343 g/mol. The standard InChI is InChI=1S/C17H17N3O3S/c1-3-4-15(12-7-9-18-10-8-12)19-17(21)14-11-13(24-2)5-6-16(14)20(22)23/h3,5-11,15H,1,4H2,2H3,(H,19,21). The highest BCUT2D eigenvalue weighted by Crippen LogP contribution is 2.26. The van der Waals surface area contributed by atoms with Gasteiger partial charge >= 0.3 is 0 Å². The van der Waals surface area contributed by atoms with E-state index >= 15 is 0 Å². The number of thioether (sulfide) groups is 1. The summed E-state index contributed by atoms with van der Waals surface area (Å²) in [6, 6.07) is 7.78. The van der Waals surface area contributed by atoms with Gasteiger partial charge in [0.25, 0.3) is 11.6 Å². The van der Waals surface area contributed by atoms with E-state index in [1.54, 1.807) is 36.7 Å². The second kappa shape index (κ2) is 8.26. The number of benzene rings is 1. The summed E-state index contributed by atoms with van der Waals surface area (Å²) in [4.78, 5) is 28.0. The quantitative estimate of drug-likeness (QED) is 0.358. The summed E-state index contributed by atoms with van der Waals surface area (Å²) in [6.07, 6.45) is 7.31. The van der Waals surface area contributed by atoms with Gasteiger partial charge in [-0.25, -0.2) is 0 Å². The van der Waals surface area contributed by atoms with Crippen LogP contribution in [-0.2, 0) is 0 Å². The molecule has 0 aliphatic rings. The number of pyridine rings is 1. The van der Waals surface area contributed by atoms with Gasteiger partial charge < -0.3 is 5.32 Å². The number of amides is 1. The Morgan fingerprint density at radius 3 is 2.71 bits per heavy atom. The van der Waals surface area contributed by atoms with Crippen molar-refractivity contribution in [3.8, 4) is 0 Å². The van der Waals surface area contributed by atoms with E-state index in [1.165, 1.54) is 23.9 Å². The van der Waals surface area contributed by atoms with E-state index in [1.807, 2.05) is 6.26 Å². The molecule has 1 aromatic heterocycles. The van der Waals surface area contributed by atoms with Crippen LogP contribution in [0.5, 0.6) is 0 Å². The monoisotopic (exact) mass is 343 g/mol. The first-order chi connectivity index (χ1) is 11.6. The zero-order chi connectivity index (χ0) is 17.5. The van der Waals surface area contributed by atoms with Gasteiger partial charge in [0, 0.05) is 23.4 Å². The lowest BCUT2D eigenvalue weighted by Gasteiger charge is -2.17. The molecular formula is C17H17N3O3S. The maximum Gasteiger partial charge on any atom is 0.282 e. The molecule has 2 rings (SSSR count). The molecule has 1 atom stereocenters. The largest absolute Gasteiger partial charge is 0.345 e. The fourth-order valence-electron chi connectivity index (χ4n) is 2.26. The van der Waals surface area contributed by atoms with Gasteiger partial charge in [0.1, 0.15) is 5.56 Å². The van der Waals surface area contributed by atoms with Gasteiger partial charge in [-0.1, -0.05) is 6.08 Å². The van der Waals surface area contributed by atoms with Crippen molar-refractivity contribution in [1.29, 1.82) is 0 Å². The van der Waals surface area contributed by atoms with E-state index in [4.69, 9.17) is 0 Å². The molecule has 0 saturated heterocycles. The summed E-state index contributed by atoms with van der Waals surface area (Å²) in [5.74, 6) is -0.485. The highest BCUT2D eigenvalue weighted by atomic mass is 32.2. The Balaban J connectivity index is 2.33. The molecule has 0 fully saturated rings. The van der Waals surface area contributed by atoms with Crippen LogP contribution in [0.1, 0.15) is 28.4 Å². The molecule has 0 radical (unpaired) electrons. The summed E-state index contributed by atoms with van der Waals surface area (Å²) in [6.45, 7) is 3.70. The van der Waals surface area contributed by atoms with Crippen LogP contribution < -0.4 is 5.32 Å². The van der Waals surface area contributed by atoms with Crippen molar-refractivity contribution in [2.45, 2.75) is 17.4 Å². The minimum Gasteiger partial charge on any atom is -0.345 e. The van der Waals surface area contributed by atoms with Crippen LogP contribution in [0.3, 0.4) is 0 Å². The molecule has 0 spiro atoms. The number of nitro groups is 1. The van der Waals surface area contributed by atoms with Crippen LogP contribution in [0.2, 0.25) is 0 Å². The Labute approximate surface area is 144 Å². The van der Waals surface area contributed by atoms with Gasteiger partial charge in [-0.2, -0.15) is 0 Å². The maximum atomic E-state index is 12.6. The molecule has 0 saturated carbocycles. The topological polar surface area (TPSA) is 85.1 Å². The Kier molecular flexibility index (Phi) is 6.08. The Morgan fingerprint density at radius 1 is 1.42 bits per heavy atom. The minimum atomic E-state index is -0.548. The predicted molar refractivity (Wildman–Crippen MR) is 94.1 cm³/mol. The van der Waals surface area contributed by atoms with Crippen LogP contribution in [0.4, 0.5) is 5.69 Å². The van der Waals surface area contributed by atoms with Crippen molar-refractivity contribution < 1.29 is 9.72 Å². The van der Waals surface area contributed by atoms with E-state index in [9.17, 15) is 14.9 Å².